The number of nitrogens with one attached hydrogen (secondary N) is 2. The molecule has 0 aromatic carbocycles. The van der Waals surface area contributed by atoms with Gasteiger partial charge in [0.05, 0.1) is 35.0 Å². The highest BCUT2D eigenvalue weighted by atomic mass is 32.1. The second-order valence-electron chi connectivity index (χ2n) is 6.41. The number of carbonyl (C=O) groups is 1. The van der Waals surface area contributed by atoms with Gasteiger partial charge in [-0.25, -0.2) is 9.78 Å². The molecule has 1 aliphatic rings. The first kappa shape index (κ1) is 15.3. The average molecular weight is 297 g/mol. The van der Waals surface area contributed by atoms with Crippen molar-refractivity contribution in [3.8, 4) is 0 Å². The Morgan fingerprint density at radius 2 is 2.20 bits per heavy atom. The number of amides is 2. The number of carbonyl (C=O) groups excluding carboxylic acids is 1. The van der Waals surface area contributed by atoms with Crippen LogP contribution in [0.3, 0.4) is 0 Å². The van der Waals surface area contributed by atoms with E-state index in [0.29, 0.717) is 6.54 Å². The number of thiazole rings is 1. The third kappa shape index (κ3) is 3.49. The summed E-state index contributed by atoms with van der Waals surface area (Å²) >= 11 is 1.56. The van der Waals surface area contributed by atoms with Crippen LogP contribution in [-0.4, -0.2) is 28.3 Å². The lowest BCUT2D eigenvalue weighted by Crippen LogP contribution is -2.49. The molecular weight excluding hydrogens is 274 g/mol. The van der Waals surface area contributed by atoms with Crippen LogP contribution in [0.15, 0.2) is 5.51 Å². The largest absolute Gasteiger partial charge is 0.367 e. The third-order valence-electron chi connectivity index (χ3n) is 3.63. The van der Waals surface area contributed by atoms with Crippen LogP contribution in [0.1, 0.15) is 44.7 Å². The van der Waals surface area contributed by atoms with Gasteiger partial charge in [-0.2, -0.15) is 0 Å². The first-order valence-electron chi connectivity index (χ1n) is 6.83. The Bertz CT molecular complexity index is 496. The molecule has 112 valence electrons. The Balaban J connectivity index is 1.87. The molecule has 2 heterocycles. The van der Waals surface area contributed by atoms with Crippen LogP contribution >= 0.6 is 11.3 Å². The SMILES string of the molecule is Cc1ncsc1CNC(=O)N[C@H]1CC(C)(C)OC1(C)C. The molecule has 0 saturated carbocycles. The predicted octanol–water partition coefficient (Wildman–Crippen LogP) is 2.60. The van der Waals surface area contributed by atoms with E-state index in [1.807, 2.05) is 20.8 Å². The zero-order chi connectivity index (χ0) is 15.0. The second-order valence-corrected chi connectivity index (χ2v) is 7.35. The zero-order valence-corrected chi connectivity index (χ0v) is 13.6. The standard InChI is InChI=1S/C14H23N3O2S/c1-9-10(20-8-16-9)7-15-12(18)17-11-6-13(2,3)19-14(11,4)5/h8,11H,6-7H2,1-5H3,(H2,15,17,18)/t11-/m0/s1. The maximum atomic E-state index is 12.0. The van der Waals surface area contributed by atoms with Crippen molar-refractivity contribution in [1.29, 1.82) is 0 Å². The van der Waals surface area contributed by atoms with Crippen molar-refractivity contribution < 1.29 is 9.53 Å². The molecule has 1 aliphatic heterocycles. The van der Waals surface area contributed by atoms with E-state index in [2.05, 4.69) is 29.5 Å². The minimum atomic E-state index is -0.346. The molecule has 6 heteroatoms. The van der Waals surface area contributed by atoms with Gasteiger partial charge < -0.3 is 15.4 Å². The van der Waals surface area contributed by atoms with Crippen molar-refractivity contribution in [2.45, 2.75) is 64.8 Å². The molecule has 0 aliphatic carbocycles. The van der Waals surface area contributed by atoms with E-state index >= 15 is 0 Å². The van der Waals surface area contributed by atoms with Gasteiger partial charge in [0.2, 0.25) is 0 Å². The van der Waals surface area contributed by atoms with E-state index in [0.717, 1.165) is 17.0 Å². The van der Waals surface area contributed by atoms with Crippen molar-refractivity contribution in [3.05, 3.63) is 16.1 Å². The first-order chi connectivity index (χ1) is 9.20. The van der Waals surface area contributed by atoms with Crippen LogP contribution in [0.5, 0.6) is 0 Å². The summed E-state index contributed by atoms with van der Waals surface area (Å²) in [7, 11) is 0. The number of aromatic nitrogens is 1. The van der Waals surface area contributed by atoms with Crippen LogP contribution < -0.4 is 10.6 Å². The summed E-state index contributed by atoms with van der Waals surface area (Å²) in [5, 5.41) is 5.90. The van der Waals surface area contributed by atoms with E-state index in [1.165, 1.54) is 0 Å². The fourth-order valence-electron chi connectivity index (χ4n) is 2.65. The van der Waals surface area contributed by atoms with Crippen LogP contribution in [0.4, 0.5) is 4.79 Å². The summed E-state index contributed by atoms with van der Waals surface area (Å²) in [5.41, 5.74) is 2.22. The highest BCUT2D eigenvalue weighted by molar-refractivity contribution is 7.09. The van der Waals surface area contributed by atoms with E-state index in [-0.39, 0.29) is 23.3 Å². The van der Waals surface area contributed by atoms with Gasteiger partial charge >= 0.3 is 6.03 Å². The van der Waals surface area contributed by atoms with Crippen molar-refractivity contribution in [3.63, 3.8) is 0 Å². The highest BCUT2D eigenvalue weighted by Crippen LogP contribution is 2.37. The highest BCUT2D eigenvalue weighted by Gasteiger charge is 2.46. The maximum Gasteiger partial charge on any atom is 0.315 e. The van der Waals surface area contributed by atoms with Gasteiger partial charge in [0, 0.05) is 4.88 Å². The Morgan fingerprint density at radius 1 is 1.50 bits per heavy atom. The molecule has 0 unspecified atom stereocenters. The van der Waals surface area contributed by atoms with Gasteiger partial charge in [-0.05, 0) is 41.0 Å². The first-order valence-corrected chi connectivity index (χ1v) is 7.71. The summed E-state index contributed by atoms with van der Waals surface area (Å²) in [6, 6.07) is -0.141. The normalized spacial score (nSPS) is 23.6. The lowest BCUT2D eigenvalue weighted by atomic mass is 9.95. The monoisotopic (exact) mass is 297 g/mol. The summed E-state index contributed by atoms with van der Waals surface area (Å²) in [6.45, 7) is 10.6. The number of hydrogen-bond donors (Lipinski definition) is 2. The lowest BCUT2D eigenvalue weighted by molar-refractivity contribution is -0.0690. The minimum absolute atomic E-state index is 0.0139. The van der Waals surface area contributed by atoms with Crippen molar-refractivity contribution in [2.24, 2.45) is 0 Å². The quantitative estimate of drug-likeness (QED) is 0.901. The Morgan fingerprint density at radius 3 is 2.70 bits per heavy atom. The molecule has 2 N–H and O–H groups in total. The van der Waals surface area contributed by atoms with Gasteiger partial charge in [0.15, 0.2) is 0 Å². The molecule has 0 radical (unpaired) electrons. The maximum absolute atomic E-state index is 12.0. The Hall–Kier alpha value is -1.14. The van der Waals surface area contributed by atoms with Crippen LogP contribution in [-0.2, 0) is 11.3 Å². The van der Waals surface area contributed by atoms with Gasteiger partial charge in [0.25, 0.3) is 0 Å². The Kier molecular flexibility index (Phi) is 4.07. The Labute approximate surface area is 124 Å². The van der Waals surface area contributed by atoms with Gasteiger partial charge in [-0.15, -0.1) is 11.3 Å². The average Bonchev–Trinajstić information content (AvgIpc) is 2.77. The number of rotatable bonds is 3. The lowest BCUT2D eigenvalue weighted by Gasteiger charge is -2.27. The molecule has 2 amide bonds. The van der Waals surface area contributed by atoms with E-state index in [9.17, 15) is 4.79 Å². The molecule has 1 atom stereocenters. The molecule has 1 aromatic heterocycles. The number of hydrogen-bond acceptors (Lipinski definition) is 4. The van der Waals surface area contributed by atoms with Gasteiger partial charge in [-0.3, -0.25) is 0 Å². The van der Waals surface area contributed by atoms with Crippen LogP contribution in [0, 0.1) is 6.92 Å². The summed E-state index contributed by atoms with van der Waals surface area (Å²) in [6.07, 6.45) is 0.813. The molecule has 5 nitrogen and oxygen atoms in total. The number of urea groups is 1. The fraction of sp³-hybridized carbons (Fsp3) is 0.714. The van der Waals surface area contributed by atoms with E-state index in [1.54, 1.807) is 16.8 Å². The zero-order valence-electron chi connectivity index (χ0n) is 12.7. The second kappa shape index (κ2) is 5.33. The van der Waals surface area contributed by atoms with Gasteiger partial charge in [0.1, 0.15) is 0 Å². The molecule has 1 aromatic rings. The molecule has 1 saturated heterocycles. The van der Waals surface area contributed by atoms with Crippen LogP contribution in [0.25, 0.3) is 0 Å². The summed E-state index contributed by atoms with van der Waals surface area (Å²) in [5.74, 6) is 0. The molecule has 0 spiro atoms. The third-order valence-corrected chi connectivity index (χ3v) is 4.57. The number of ether oxygens (including phenoxy) is 1. The predicted molar refractivity (Wildman–Crippen MR) is 79.9 cm³/mol. The molecule has 2 rings (SSSR count). The summed E-state index contributed by atoms with van der Waals surface area (Å²) in [4.78, 5) is 17.3. The van der Waals surface area contributed by atoms with Crippen LogP contribution in [0.2, 0.25) is 0 Å². The summed E-state index contributed by atoms with van der Waals surface area (Å²) < 4.78 is 5.97. The minimum Gasteiger partial charge on any atom is -0.367 e. The van der Waals surface area contributed by atoms with Crippen molar-refractivity contribution in [1.82, 2.24) is 15.6 Å². The topological polar surface area (TPSA) is 63.2 Å². The molecule has 0 bridgehead atoms. The number of nitrogens with zero attached hydrogens (tertiary/aromatic N) is 1. The van der Waals surface area contributed by atoms with Crippen molar-refractivity contribution >= 4 is 17.4 Å². The van der Waals surface area contributed by atoms with E-state index < -0.39 is 0 Å². The van der Waals surface area contributed by atoms with E-state index in [4.69, 9.17) is 4.74 Å². The molecular formula is C14H23N3O2S. The molecule has 20 heavy (non-hydrogen) atoms. The van der Waals surface area contributed by atoms with Crippen molar-refractivity contribution in [2.75, 3.05) is 0 Å². The van der Waals surface area contributed by atoms with Gasteiger partial charge in [-0.1, -0.05) is 0 Å². The smallest absolute Gasteiger partial charge is 0.315 e. The number of aryl methyl sites for hydroxylation is 1. The molecule has 1 fully saturated rings. The fourth-order valence-corrected chi connectivity index (χ4v) is 3.37.